The minimum absolute atomic E-state index is 0.224. The summed E-state index contributed by atoms with van der Waals surface area (Å²) >= 11 is 0. The van der Waals surface area contributed by atoms with E-state index in [0.717, 1.165) is 12.1 Å². The van der Waals surface area contributed by atoms with E-state index in [0.29, 0.717) is 25.7 Å². The molecular formula is C13H17F4NO. The van der Waals surface area contributed by atoms with Gasteiger partial charge in [-0.1, -0.05) is 13.8 Å². The predicted molar refractivity (Wildman–Crippen MR) is 65.5 cm³/mol. The van der Waals surface area contributed by atoms with Crippen molar-refractivity contribution < 1.29 is 22.3 Å². The van der Waals surface area contributed by atoms with Gasteiger partial charge in [-0.25, -0.2) is 4.39 Å². The Bertz CT molecular complexity index is 404. The van der Waals surface area contributed by atoms with Crippen LogP contribution in [0.1, 0.15) is 19.4 Å². The molecule has 0 saturated carbocycles. The summed E-state index contributed by atoms with van der Waals surface area (Å²) < 4.78 is 55.7. The van der Waals surface area contributed by atoms with Crippen LogP contribution in [0.2, 0.25) is 0 Å². The molecule has 0 aliphatic rings. The van der Waals surface area contributed by atoms with E-state index in [-0.39, 0.29) is 5.69 Å². The third-order valence-corrected chi connectivity index (χ3v) is 2.30. The summed E-state index contributed by atoms with van der Waals surface area (Å²) in [6.07, 6.45) is -4.68. The maximum atomic E-state index is 13.0. The molecule has 0 fully saturated rings. The molecule has 0 atom stereocenters. The molecule has 0 saturated heterocycles. The van der Waals surface area contributed by atoms with E-state index in [1.54, 1.807) is 0 Å². The first-order valence-electron chi connectivity index (χ1n) is 5.99. The molecule has 0 amide bonds. The molecule has 0 aliphatic heterocycles. The van der Waals surface area contributed by atoms with Crippen LogP contribution in [0.5, 0.6) is 0 Å². The maximum Gasteiger partial charge on any atom is 0.419 e. The first-order valence-corrected chi connectivity index (χ1v) is 5.99. The summed E-state index contributed by atoms with van der Waals surface area (Å²) in [5.41, 5.74) is -1.04. The van der Waals surface area contributed by atoms with Gasteiger partial charge >= 0.3 is 6.18 Å². The molecule has 0 bridgehead atoms. The van der Waals surface area contributed by atoms with Crippen LogP contribution in [-0.2, 0) is 10.9 Å². The second-order valence-electron chi connectivity index (χ2n) is 4.59. The van der Waals surface area contributed by atoms with Crippen LogP contribution >= 0.6 is 0 Å². The van der Waals surface area contributed by atoms with Crippen LogP contribution in [0.4, 0.5) is 23.2 Å². The lowest BCUT2D eigenvalue weighted by molar-refractivity contribution is -0.139. The van der Waals surface area contributed by atoms with Crippen molar-refractivity contribution in [3.63, 3.8) is 0 Å². The summed E-state index contributed by atoms with van der Waals surface area (Å²) in [5.74, 6) is -0.864. The van der Waals surface area contributed by atoms with Crippen LogP contribution in [0.15, 0.2) is 18.2 Å². The van der Waals surface area contributed by atoms with Gasteiger partial charge in [0.25, 0.3) is 0 Å². The topological polar surface area (TPSA) is 21.3 Å². The first kappa shape index (κ1) is 15.8. The maximum absolute atomic E-state index is 13.0. The Balaban J connectivity index is 2.51. The summed E-state index contributed by atoms with van der Waals surface area (Å²) in [4.78, 5) is 0. The van der Waals surface area contributed by atoms with E-state index in [9.17, 15) is 17.6 Å². The SMILES string of the molecule is CC(C)COCCNc1ccc(F)c(C(F)(F)F)c1. The number of halogens is 4. The van der Waals surface area contributed by atoms with Crippen molar-refractivity contribution in [2.75, 3.05) is 25.1 Å². The Morgan fingerprint density at radius 1 is 1.26 bits per heavy atom. The number of rotatable bonds is 6. The zero-order valence-electron chi connectivity index (χ0n) is 10.9. The van der Waals surface area contributed by atoms with Gasteiger partial charge in [-0.2, -0.15) is 13.2 Å². The highest BCUT2D eigenvalue weighted by atomic mass is 19.4. The van der Waals surface area contributed by atoms with Crippen LogP contribution in [0, 0.1) is 11.7 Å². The van der Waals surface area contributed by atoms with E-state index in [2.05, 4.69) is 5.32 Å². The Labute approximate surface area is 109 Å². The average molecular weight is 279 g/mol. The number of benzene rings is 1. The van der Waals surface area contributed by atoms with Gasteiger partial charge in [0.1, 0.15) is 5.82 Å². The Morgan fingerprint density at radius 3 is 2.53 bits per heavy atom. The quantitative estimate of drug-likeness (QED) is 0.629. The molecule has 1 rings (SSSR count). The molecule has 1 aromatic rings. The van der Waals surface area contributed by atoms with Crippen LogP contribution in [-0.4, -0.2) is 19.8 Å². The van der Waals surface area contributed by atoms with E-state index >= 15 is 0 Å². The fourth-order valence-electron chi connectivity index (χ4n) is 1.44. The van der Waals surface area contributed by atoms with E-state index in [4.69, 9.17) is 4.74 Å². The fraction of sp³-hybridized carbons (Fsp3) is 0.538. The number of ether oxygens (including phenoxy) is 1. The van der Waals surface area contributed by atoms with Crippen LogP contribution in [0.25, 0.3) is 0 Å². The average Bonchev–Trinajstić information content (AvgIpc) is 2.28. The molecule has 1 N–H and O–H groups in total. The second kappa shape index (κ2) is 6.75. The van der Waals surface area contributed by atoms with Gasteiger partial charge in [0.05, 0.1) is 12.2 Å². The van der Waals surface area contributed by atoms with Gasteiger partial charge in [-0.05, 0) is 24.1 Å². The molecule has 6 heteroatoms. The van der Waals surface area contributed by atoms with Gasteiger partial charge in [0.2, 0.25) is 0 Å². The highest BCUT2D eigenvalue weighted by molar-refractivity contribution is 5.47. The number of hydrogen-bond acceptors (Lipinski definition) is 2. The Hall–Kier alpha value is -1.30. The molecular weight excluding hydrogens is 262 g/mol. The third-order valence-electron chi connectivity index (χ3n) is 2.30. The van der Waals surface area contributed by atoms with Crippen molar-refractivity contribution in [1.82, 2.24) is 0 Å². The van der Waals surface area contributed by atoms with E-state index in [1.807, 2.05) is 13.8 Å². The number of hydrogen-bond donors (Lipinski definition) is 1. The van der Waals surface area contributed by atoms with Crippen LogP contribution < -0.4 is 5.32 Å². The number of anilines is 1. The van der Waals surface area contributed by atoms with Crippen molar-refractivity contribution in [2.45, 2.75) is 20.0 Å². The van der Waals surface area contributed by atoms with Crippen molar-refractivity contribution in [2.24, 2.45) is 5.92 Å². The van der Waals surface area contributed by atoms with E-state index in [1.165, 1.54) is 6.07 Å². The van der Waals surface area contributed by atoms with Gasteiger partial charge in [0, 0.05) is 18.8 Å². The van der Waals surface area contributed by atoms with E-state index < -0.39 is 17.6 Å². The number of nitrogens with one attached hydrogen (secondary N) is 1. The van der Waals surface area contributed by atoms with Gasteiger partial charge < -0.3 is 10.1 Å². The van der Waals surface area contributed by atoms with Gasteiger partial charge in [0.15, 0.2) is 0 Å². The smallest absolute Gasteiger partial charge is 0.383 e. The first-order chi connectivity index (χ1) is 8.80. The lowest BCUT2D eigenvalue weighted by Gasteiger charge is -2.12. The van der Waals surface area contributed by atoms with Crippen molar-refractivity contribution in [3.05, 3.63) is 29.6 Å². The highest BCUT2D eigenvalue weighted by Crippen LogP contribution is 2.32. The zero-order valence-corrected chi connectivity index (χ0v) is 10.9. The summed E-state index contributed by atoms with van der Waals surface area (Å²) in [6, 6.07) is 2.84. The molecule has 1 aromatic carbocycles. The van der Waals surface area contributed by atoms with Crippen molar-refractivity contribution in [3.8, 4) is 0 Å². The second-order valence-corrected chi connectivity index (χ2v) is 4.59. The molecule has 0 radical (unpaired) electrons. The minimum atomic E-state index is -4.68. The number of alkyl halides is 3. The fourth-order valence-corrected chi connectivity index (χ4v) is 1.44. The molecule has 2 nitrogen and oxygen atoms in total. The Kier molecular flexibility index (Phi) is 5.60. The molecule has 0 heterocycles. The normalized spacial score (nSPS) is 11.9. The molecule has 108 valence electrons. The lowest BCUT2D eigenvalue weighted by Crippen LogP contribution is -2.13. The zero-order chi connectivity index (χ0) is 14.5. The molecule has 0 aromatic heterocycles. The lowest BCUT2D eigenvalue weighted by atomic mass is 10.2. The van der Waals surface area contributed by atoms with Crippen molar-refractivity contribution >= 4 is 5.69 Å². The monoisotopic (exact) mass is 279 g/mol. The molecule has 0 unspecified atom stereocenters. The third kappa shape index (κ3) is 5.46. The van der Waals surface area contributed by atoms with Crippen molar-refractivity contribution in [1.29, 1.82) is 0 Å². The summed E-state index contributed by atoms with van der Waals surface area (Å²) in [7, 11) is 0. The van der Waals surface area contributed by atoms with Gasteiger partial charge in [-0.3, -0.25) is 0 Å². The highest BCUT2D eigenvalue weighted by Gasteiger charge is 2.34. The molecule has 19 heavy (non-hydrogen) atoms. The molecule has 0 aliphatic carbocycles. The standard InChI is InChI=1S/C13H17F4NO/c1-9(2)8-19-6-5-18-10-3-4-12(14)11(7-10)13(15,16)17/h3-4,7,9,18H,5-6,8H2,1-2H3. The summed E-state index contributed by atoms with van der Waals surface area (Å²) in [6.45, 7) is 5.36. The van der Waals surface area contributed by atoms with Crippen LogP contribution in [0.3, 0.4) is 0 Å². The summed E-state index contributed by atoms with van der Waals surface area (Å²) in [5, 5.41) is 2.77. The largest absolute Gasteiger partial charge is 0.419 e. The minimum Gasteiger partial charge on any atom is -0.383 e. The van der Waals surface area contributed by atoms with Gasteiger partial charge in [-0.15, -0.1) is 0 Å². The molecule has 0 spiro atoms. The Morgan fingerprint density at radius 2 is 1.95 bits per heavy atom. The predicted octanol–water partition coefficient (Wildman–Crippen LogP) is 3.93.